The molecule has 1 N–H and O–H groups in total. The van der Waals surface area contributed by atoms with Crippen molar-refractivity contribution in [3.05, 3.63) is 96.3 Å². The van der Waals surface area contributed by atoms with Gasteiger partial charge < -0.3 is 10.2 Å². The number of para-hydroxylation sites is 1. The van der Waals surface area contributed by atoms with Crippen LogP contribution in [0, 0.1) is 5.82 Å². The van der Waals surface area contributed by atoms with Crippen LogP contribution in [-0.2, 0) is 26.2 Å². The quantitative estimate of drug-likeness (QED) is 0.450. The van der Waals surface area contributed by atoms with Gasteiger partial charge in [0, 0.05) is 17.6 Å². The van der Waals surface area contributed by atoms with Crippen LogP contribution < -0.4 is 9.62 Å². The maximum absolute atomic E-state index is 14.5. The number of amides is 2. The number of nitrogens with zero attached hydrogens (tertiary/aromatic N) is 2. The van der Waals surface area contributed by atoms with Gasteiger partial charge in [-0.25, -0.2) is 12.8 Å². The first-order valence-electron chi connectivity index (χ1n) is 11.9. The number of sulfonamides is 1. The van der Waals surface area contributed by atoms with Gasteiger partial charge in [-0.3, -0.25) is 13.9 Å². The Morgan fingerprint density at radius 1 is 0.892 bits per heavy atom. The lowest BCUT2D eigenvalue weighted by Gasteiger charge is -2.33. The molecule has 37 heavy (non-hydrogen) atoms. The van der Waals surface area contributed by atoms with Crippen LogP contribution in [-0.4, -0.2) is 43.3 Å². The average molecular weight is 526 g/mol. The lowest BCUT2D eigenvalue weighted by atomic mass is 10.1. The Morgan fingerprint density at radius 3 is 2.00 bits per heavy atom. The first-order valence-corrected chi connectivity index (χ1v) is 13.3. The van der Waals surface area contributed by atoms with Crippen molar-refractivity contribution in [3.8, 4) is 0 Å². The molecule has 3 aromatic rings. The summed E-state index contributed by atoms with van der Waals surface area (Å²) in [4.78, 5) is 28.0. The summed E-state index contributed by atoms with van der Waals surface area (Å²) < 4.78 is 42.8. The van der Waals surface area contributed by atoms with Gasteiger partial charge in [0.1, 0.15) is 18.4 Å². The van der Waals surface area contributed by atoms with Gasteiger partial charge in [-0.1, -0.05) is 54.6 Å². The number of rotatable bonds is 9. The standard InChI is InChI=1S/C28H32FN3O4S/c1-21(27(34)30-28(2,3)4)31(19-22-13-11-12-18-25(22)29)26(33)20-32(23-14-7-5-8-15-23)37(35,36)24-16-9-6-10-17-24/h5-18,21H,19-20H2,1-4H3,(H,30,34). The number of anilines is 1. The van der Waals surface area contributed by atoms with Crippen molar-refractivity contribution in [2.45, 2.75) is 50.7 Å². The molecule has 0 aliphatic heterocycles. The monoisotopic (exact) mass is 525 g/mol. The highest BCUT2D eigenvalue weighted by Crippen LogP contribution is 2.24. The third-order valence-electron chi connectivity index (χ3n) is 5.62. The van der Waals surface area contributed by atoms with Gasteiger partial charge >= 0.3 is 0 Å². The fraction of sp³-hybridized carbons (Fsp3) is 0.286. The van der Waals surface area contributed by atoms with Crippen molar-refractivity contribution < 1.29 is 22.4 Å². The largest absolute Gasteiger partial charge is 0.350 e. The Hall–Kier alpha value is -3.72. The molecule has 3 aromatic carbocycles. The highest BCUT2D eigenvalue weighted by atomic mass is 32.2. The molecule has 0 aromatic heterocycles. The second-order valence-electron chi connectivity index (χ2n) is 9.69. The summed E-state index contributed by atoms with van der Waals surface area (Å²) in [5.41, 5.74) is -0.0640. The number of carbonyl (C=O) groups is 2. The first-order chi connectivity index (χ1) is 17.4. The zero-order valence-corrected chi connectivity index (χ0v) is 22.2. The second-order valence-corrected chi connectivity index (χ2v) is 11.6. The molecule has 0 spiro atoms. The molecule has 0 fully saturated rings. The van der Waals surface area contributed by atoms with Gasteiger partial charge in [-0.15, -0.1) is 0 Å². The zero-order valence-electron chi connectivity index (χ0n) is 21.4. The van der Waals surface area contributed by atoms with Gasteiger partial charge in [0.25, 0.3) is 10.0 Å². The Morgan fingerprint density at radius 2 is 1.43 bits per heavy atom. The lowest BCUT2D eigenvalue weighted by Crippen LogP contribution is -2.54. The van der Waals surface area contributed by atoms with Gasteiger partial charge in [0.05, 0.1) is 10.6 Å². The topological polar surface area (TPSA) is 86.8 Å². The molecule has 196 valence electrons. The molecule has 3 rings (SSSR count). The van der Waals surface area contributed by atoms with Crippen molar-refractivity contribution in [2.24, 2.45) is 0 Å². The number of nitrogens with one attached hydrogen (secondary N) is 1. The molecule has 0 heterocycles. The van der Waals surface area contributed by atoms with Gasteiger partial charge in [0.2, 0.25) is 11.8 Å². The van der Waals surface area contributed by atoms with E-state index in [1.54, 1.807) is 61.5 Å². The summed E-state index contributed by atoms with van der Waals surface area (Å²) in [7, 11) is -4.13. The zero-order chi connectivity index (χ0) is 27.2. The fourth-order valence-electron chi connectivity index (χ4n) is 3.71. The molecule has 0 saturated heterocycles. The third kappa shape index (κ3) is 7.16. The number of carbonyl (C=O) groups excluding carboxylic acids is 2. The van der Waals surface area contributed by atoms with E-state index in [0.717, 1.165) is 4.31 Å². The van der Waals surface area contributed by atoms with E-state index in [1.165, 1.54) is 35.2 Å². The Labute approximate surface area is 218 Å². The fourth-order valence-corrected chi connectivity index (χ4v) is 5.14. The average Bonchev–Trinajstić information content (AvgIpc) is 2.86. The lowest BCUT2D eigenvalue weighted by molar-refractivity contribution is -0.140. The highest BCUT2D eigenvalue weighted by Gasteiger charge is 2.33. The third-order valence-corrected chi connectivity index (χ3v) is 7.41. The predicted octanol–water partition coefficient (Wildman–Crippen LogP) is 4.35. The first kappa shape index (κ1) is 27.9. The second kappa shape index (κ2) is 11.6. The maximum atomic E-state index is 14.5. The molecule has 1 unspecified atom stereocenters. The number of hydrogen-bond donors (Lipinski definition) is 1. The van der Waals surface area contributed by atoms with E-state index in [1.807, 2.05) is 20.8 Å². The van der Waals surface area contributed by atoms with Crippen molar-refractivity contribution in [1.82, 2.24) is 10.2 Å². The Bertz CT molecular complexity index is 1330. The van der Waals surface area contributed by atoms with Crippen LogP contribution in [0.15, 0.2) is 89.8 Å². The van der Waals surface area contributed by atoms with Gasteiger partial charge in [-0.2, -0.15) is 0 Å². The Kier molecular flexibility index (Phi) is 8.70. The minimum atomic E-state index is -4.13. The van der Waals surface area contributed by atoms with Crippen LogP contribution in [0.2, 0.25) is 0 Å². The van der Waals surface area contributed by atoms with Crippen molar-refractivity contribution in [3.63, 3.8) is 0 Å². The minimum Gasteiger partial charge on any atom is -0.350 e. The molecular formula is C28H32FN3O4S. The van der Waals surface area contributed by atoms with Crippen LogP contribution in [0.4, 0.5) is 10.1 Å². The van der Waals surface area contributed by atoms with E-state index in [0.29, 0.717) is 0 Å². The van der Waals surface area contributed by atoms with Crippen LogP contribution >= 0.6 is 0 Å². The van der Waals surface area contributed by atoms with E-state index in [4.69, 9.17) is 0 Å². The molecule has 9 heteroatoms. The van der Waals surface area contributed by atoms with E-state index in [9.17, 15) is 22.4 Å². The molecule has 0 radical (unpaired) electrons. The molecule has 0 aliphatic carbocycles. The number of halogens is 1. The highest BCUT2D eigenvalue weighted by molar-refractivity contribution is 7.92. The van der Waals surface area contributed by atoms with E-state index in [2.05, 4.69) is 5.32 Å². The van der Waals surface area contributed by atoms with Gasteiger partial charge in [0.15, 0.2) is 0 Å². The molecule has 2 amide bonds. The summed E-state index contributed by atoms with van der Waals surface area (Å²) in [6.45, 7) is 6.18. The van der Waals surface area contributed by atoms with E-state index in [-0.39, 0.29) is 22.7 Å². The molecule has 1 atom stereocenters. The molecule has 7 nitrogen and oxygen atoms in total. The maximum Gasteiger partial charge on any atom is 0.264 e. The number of benzene rings is 3. The van der Waals surface area contributed by atoms with E-state index >= 15 is 0 Å². The Balaban J connectivity index is 2.01. The normalized spacial score (nSPS) is 12.5. The number of hydrogen-bond acceptors (Lipinski definition) is 4. The van der Waals surface area contributed by atoms with Crippen LogP contribution in [0.5, 0.6) is 0 Å². The summed E-state index contributed by atoms with van der Waals surface area (Å²) in [6.07, 6.45) is 0. The van der Waals surface area contributed by atoms with Gasteiger partial charge in [-0.05, 0) is 58.0 Å². The van der Waals surface area contributed by atoms with Crippen LogP contribution in [0.3, 0.4) is 0 Å². The predicted molar refractivity (Wildman–Crippen MR) is 142 cm³/mol. The van der Waals surface area contributed by atoms with Crippen molar-refractivity contribution >= 4 is 27.5 Å². The summed E-state index contributed by atoms with van der Waals surface area (Å²) in [6, 6.07) is 21.0. The molecular weight excluding hydrogens is 493 g/mol. The minimum absolute atomic E-state index is 0.0193. The van der Waals surface area contributed by atoms with E-state index < -0.39 is 45.8 Å². The summed E-state index contributed by atoms with van der Waals surface area (Å²) in [5, 5.41) is 2.84. The molecule has 0 bridgehead atoms. The van der Waals surface area contributed by atoms with Crippen LogP contribution in [0.25, 0.3) is 0 Å². The molecule has 0 saturated carbocycles. The smallest absolute Gasteiger partial charge is 0.264 e. The summed E-state index contributed by atoms with van der Waals surface area (Å²) >= 11 is 0. The molecule has 0 aliphatic rings. The van der Waals surface area contributed by atoms with Crippen molar-refractivity contribution in [2.75, 3.05) is 10.8 Å². The van der Waals surface area contributed by atoms with Crippen molar-refractivity contribution in [1.29, 1.82) is 0 Å². The summed E-state index contributed by atoms with van der Waals surface area (Å²) in [5.74, 6) is -1.61. The SMILES string of the molecule is CC(C(=O)NC(C)(C)C)N(Cc1ccccc1F)C(=O)CN(c1ccccc1)S(=O)(=O)c1ccccc1. The van der Waals surface area contributed by atoms with Crippen LogP contribution in [0.1, 0.15) is 33.3 Å².